The summed E-state index contributed by atoms with van der Waals surface area (Å²) in [4.78, 5) is 0. The second-order valence-corrected chi connectivity index (χ2v) is 4.18. The first-order valence-electron chi connectivity index (χ1n) is 5.67. The van der Waals surface area contributed by atoms with Crippen LogP contribution >= 0.6 is 0 Å². The van der Waals surface area contributed by atoms with Gasteiger partial charge in [-0.15, -0.1) is 0 Å². The second-order valence-electron chi connectivity index (χ2n) is 4.18. The van der Waals surface area contributed by atoms with E-state index in [-0.39, 0.29) is 6.61 Å². The molecule has 2 unspecified atom stereocenters. The molecule has 3 heteroatoms. The van der Waals surface area contributed by atoms with Crippen LogP contribution in [0.25, 0.3) is 0 Å². The van der Waals surface area contributed by atoms with Crippen molar-refractivity contribution < 1.29 is 9.84 Å². The van der Waals surface area contributed by atoms with E-state index in [4.69, 9.17) is 9.84 Å². The Bertz CT molecular complexity index is 148. The van der Waals surface area contributed by atoms with E-state index in [1.165, 1.54) is 12.8 Å². The summed E-state index contributed by atoms with van der Waals surface area (Å²) >= 11 is 0. The van der Waals surface area contributed by atoms with Crippen molar-refractivity contribution in [3.8, 4) is 0 Å². The molecule has 0 aromatic rings. The van der Waals surface area contributed by atoms with Crippen molar-refractivity contribution in [1.29, 1.82) is 0 Å². The van der Waals surface area contributed by atoms with E-state index in [1.807, 2.05) is 0 Å². The van der Waals surface area contributed by atoms with Crippen LogP contribution in [0.5, 0.6) is 0 Å². The second kappa shape index (κ2) is 6.38. The third kappa shape index (κ3) is 3.95. The molecule has 0 spiro atoms. The molecule has 0 saturated heterocycles. The van der Waals surface area contributed by atoms with Gasteiger partial charge in [0.05, 0.1) is 6.61 Å². The molecule has 0 aromatic carbocycles. The predicted molar refractivity (Wildman–Crippen MR) is 57.3 cm³/mol. The molecular formula is C11H23NO2. The molecule has 1 aliphatic rings. The quantitative estimate of drug-likeness (QED) is 0.619. The zero-order chi connectivity index (χ0) is 10.4. The van der Waals surface area contributed by atoms with Gasteiger partial charge < -0.3 is 15.2 Å². The molecule has 0 aromatic heterocycles. The summed E-state index contributed by atoms with van der Waals surface area (Å²) in [6.07, 6.45) is 4.61. The van der Waals surface area contributed by atoms with Crippen LogP contribution < -0.4 is 5.32 Å². The van der Waals surface area contributed by atoms with Gasteiger partial charge in [-0.1, -0.05) is 6.92 Å². The van der Waals surface area contributed by atoms with Gasteiger partial charge in [-0.25, -0.2) is 0 Å². The summed E-state index contributed by atoms with van der Waals surface area (Å²) in [5.74, 6) is 0.799. The lowest BCUT2D eigenvalue weighted by atomic mass is 10.1. The first-order chi connectivity index (χ1) is 6.81. The lowest BCUT2D eigenvalue weighted by molar-refractivity contribution is 0.150. The van der Waals surface area contributed by atoms with Crippen LogP contribution in [-0.2, 0) is 4.74 Å². The third-order valence-corrected chi connectivity index (χ3v) is 2.94. The van der Waals surface area contributed by atoms with Crippen molar-refractivity contribution in [1.82, 2.24) is 5.32 Å². The average Bonchev–Trinajstić information content (AvgIpc) is 2.99. The minimum atomic E-state index is 0.289. The van der Waals surface area contributed by atoms with Gasteiger partial charge in [-0.3, -0.25) is 0 Å². The molecule has 14 heavy (non-hydrogen) atoms. The molecule has 1 rings (SSSR count). The molecule has 0 radical (unpaired) electrons. The third-order valence-electron chi connectivity index (χ3n) is 2.94. The van der Waals surface area contributed by atoms with Crippen molar-refractivity contribution in [2.75, 3.05) is 20.3 Å². The number of methoxy groups -OCH3 is 1. The van der Waals surface area contributed by atoms with Crippen molar-refractivity contribution in [3.63, 3.8) is 0 Å². The van der Waals surface area contributed by atoms with Gasteiger partial charge >= 0.3 is 0 Å². The van der Waals surface area contributed by atoms with Crippen molar-refractivity contribution in [2.24, 2.45) is 5.92 Å². The van der Waals surface area contributed by atoms with E-state index in [1.54, 1.807) is 7.11 Å². The maximum atomic E-state index is 8.96. The summed E-state index contributed by atoms with van der Waals surface area (Å²) < 4.78 is 5.15. The van der Waals surface area contributed by atoms with Gasteiger partial charge in [0.1, 0.15) is 0 Å². The maximum Gasteiger partial charge on any atom is 0.0615 e. The highest BCUT2D eigenvalue weighted by atomic mass is 16.5. The average molecular weight is 201 g/mol. The molecule has 0 bridgehead atoms. The molecular weight excluding hydrogens is 178 g/mol. The Labute approximate surface area is 86.8 Å². The Kier molecular flexibility index (Phi) is 5.45. The van der Waals surface area contributed by atoms with E-state index >= 15 is 0 Å². The minimum Gasteiger partial charge on any atom is -0.396 e. The molecule has 0 aliphatic heterocycles. The van der Waals surface area contributed by atoms with E-state index < -0.39 is 0 Å². The van der Waals surface area contributed by atoms with Crippen LogP contribution in [0, 0.1) is 5.92 Å². The Morgan fingerprint density at radius 2 is 2.21 bits per heavy atom. The number of aliphatic hydroxyl groups is 1. The normalized spacial score (nSPS) is 20.8. The van der Waals surface area contributed by atoms with Gasteiger partial charge in [0.2, 0.25) is 0 Å². The minimum absolute atomic E-state index is 0.289. The zero-order valence-electron chi connectivity index (χ0n) is 9.33. The first-order valence-corrected chi connectivity index (χ1v) is 5.67. The smallest absolute Gasteiger partial charge is 0.0615 e. The molecule has 0 heterocycles. The van der Waals surface area contributed by atoms with Gasteiger partial charge in [-0.05, 0) is 31.6 Å². The van der Waals surface area contributed by atoms with E-state index in [0.717, 1.165) is 25.4 Å². The van der Waals surface area contributed by atoms with Crippen LogP contribution in [-0.4, -0.2) is 37.5 Å². The van der Waals surface area contributed by atoms with Gasteiger partial charge in [0, 0.05) is 25.8 Å². The van der Waals surface area contributed by atoms with Crippen LogP contribution in [0.3, 0.4) is 0 Å². The number of rotatable bonds is 8. The lowest BCUT2D eigenvalue weighted by Crippen LogP contribution is -2.42. The molecule has 0 amide bonds. The van der Waals surface area contributed by atoms with Crippen LogP contribution in [0.2, 0.25) is 0 Å². The molecule has 1 saturated carbocycles. The molecule has 1 aliphatic carbocycles. The Hall–Kier alpha value is -0.120. The summed E-state index contributed by atoms with van der Waals surface area (Å²) in [7, 11) is 1.74. The topological polar surface area (TPSA) is 41.5 Å². The standard InChI is InChI=1S/C11H23NO2/c1-3-10(8-14-2)12-11(6-7-13)9-4-5-9/h9-13H,3-8H2,1-2H3. The summed E-state index contributed by atoms with van der Waals surface area (Å²) in [5.41, 5.74) is 0. The first kappa shape index (κ1) is 12.0. The summed E-state index contributed by atoms with van der Waals surface area (Å²) in [5, 5.41) is 12.5. The fourth-order valence-electron chi connectivity index (χ4n) is 1.88. The van der Waals surface area contributed by atoms with Gasteiger partial charge in [-0.2, -0.15) is 0 Å². The summed E-state index contributed by atoms with van der Waals surface area (Å²) in [6.45, 7) is 3.22. The molecule has 2 atom stereocenters. The molecule has 3 nitrogen and oxygen atoms in total. The highest BCUT2D eigenvalue weighted by Gasteiger charge is 2.31. The van der Waals surface area contributed by atoms with E-state index in [2.05, 4.69) is 12.2 Å². The fourth-order valence-corrected chi connectivity index (χ4v) is 1.88. The Morgan fingerprint density at radius 1 is 1.50 bits per heavy atom. The Morgan fingerprint density at radius 3 is 2.64 bits per heavy atom. The van der Waals surface area contributed by atoms with E-state index in [0.29, 0.717) is 12.1 Å². The van der Waals surface area contributed by atoms with Crippen molar-refractivity contribution in [3.05, 3.63) is 0 Å². The number of ether oxygens (including phenoxy) is 1. The van der Waals surface area contributed by atoms with Crippen molar-refractivity contribution in [2.45, 2.75) is 44.7 Å². The monoisotopic (exact) mass is 201 g/mol. The number of aliphatic hydroxyl groups excluding tert-OH is 1. The predicted octanol–water partition coefficient (Wildman–Crippen LogP) is 1.16. The van der Waals surface area contributed by atoms with E-state index in [9.17, 15) is 0 Å². The highest BCUT2D eigenvalue weighted by molar-refractivity contribution is 4.88. The maximum absolute atomic E-state index is 8.96. The fraction of sp³-hybridized carbons (Fsp3) is 1.00. The highest BCUT2D eigenvalue weighted by Crippen LogP contribution is 2.34. The lowest BCUT2D eigenvalue weighted by Gasteiger charge is -2.24. The SMILES string of the molecule is CCC(COC)NC(CCO)C1CC1. The molecule has 2 N–H and O–H groups in total. The number of nitrogens with one attached hydrogen (secondary N) is 1. The summed E-state index contributed by atoms with van der Waals surface area (Å²) in [6, 6.07) is 0.942. The number of hydrogen-bond donors (Lipinski definition) is 2. The zero-order valence-corrected chi connectivity index (χ0v) is 9.33. The number of hydrogen-bond acceptors (Lipinski definition) is 3. The van der Waals surface area contributed by atoms with Crippen LogP contribution in [0.4, 0.5) is 0 Å². The van der Waals surface area contributed by atoms with Gasteiger partial charge in [0.25, 0.3) is 0 Å². The van der Waals surface area contributed by atoms with Crippen molar-refractivity contribution >= 4 is 0 Å². The van der Waals surface area contributed by atoms with Gasteiger partial charge in [0.15, 0.2) is 0 Å². The van der Waals surface area contributed by atoms with Crippen LogP contribution in [0.1, 0.15) is 32.6 Å². The Balaban J connectivity index is 2.27. The van der Waals surface area contributed by atoms with Crippen LogP contribution in [0.15, 0.2) is 0 Å². The molecule has 1 fully saturated rings. The molecule has 84 valence electrons. The largest absolute Gasteiger partial charge is 0.396 e.